The van der Waals surface area contributed by atoms with Gasteiger partial charge in [0.25, 0.3) is 0 Å². The Morgan fingerprint density at radius 2 is 2.38 bits per heavy atom. The van der Waals surface area contributed by atoms with E-state index in [4.69, 9.17) is 5.73 Å². The van der Waals surface area contributed by atoms with Gasteiger partial charge in [0.2, 0.25) is 0 Å². The van der Waals surface area contributed by atoms with E-state index in [1.54, 1.807) is 0 Å². The third-order valence-electron chi connectivity index (χ3n) is 3.18. The predicted molar refractivity (Wildman–Crippen MR) is 63.1 cm³/mol. The lowest BCUT2D eigenvalue weighted by molar-refractivity contribution is 0.632. The minimum atomic E-state index is 0.432. The summed E-state index contributed by atoms with van der Waals surface area (Å²) in [5.41, 5.74) is 8.90. The Bertz CT molecular complexity index is 497. The highest BCUT2D eigenvalue weighted by molar-refractivity contribution is 5.42. The van der Waals surface area contributed by atoms with Crippen molar-refractivity contribution in [3.63, 3.8) is 0 Å². The highest BCUT2D eigenvalue weighted by Gasteiger charge is 2.18. The second kappa shape index (κ2) is 3.88. The number of hydrogen-bond donors (Lipinski definition) is 2. The Hall–Kier alpha value is -1.39. The van der Waals surface area contributed by atoms with Crippen LogP contribution in [-0.4, -0.2) is 15.9 Å². The van der Waals surface area contributed by atoms with Gasteiger partial charge in [0.05, 0.1) is 11.7 Å². The summed E-state index contributed by atoms with van der Waals surface area (Å²) >= 11 is 0. The van der Waals surface area contributed by atoms with Crippen LogP contribution in [0.1, 0.15) is 30.1 Å². The highest BCUT2D eigenvalue weighted by atomic mass is 15.0. The molecule has 3 heterocycles. The SMILES string of the molecule is NCc1ccc2nc(C3CCCN3)cn2c1. The van der Waals surface area contributed by atoms with E-state index in [9.17, 15) is 0 Å². The molecule has 4 heteroatoms. The predicted octanol–water partition coefficient (Wildman–Crippen LogP) is 1.22. The largest absolute Gasteiger partial charge is 0.326 e. The van der Waals surface area contributed by atoms with Crippen molar-refractivity contribution >= 4 is 5.65 Å². The van der Waals surface area contributed by atoms with Crippen LogP contribution in [-0.2, 0) is 6.54 Å². The number of nitrogens with zero attached hydrogens (tertiary/aromatic N) is 2. The van der Waals surface area contributed by atoms with Crippen LogP contribution in [0.5, 0.6) is 0 Å². The minimum absolute atomic E-state index is 0.432. The van der Waals surface area contributed by atoms with Crippen molar-refractivity contribution in [2.45, 2.75) is 25.4 Å². The molecule has 0 amide bonds. The van der Waals surface area contributed by atoms with E-state index in [2.05, 4.69) is 27.1 Å². The molecule has 0 aromatic carbocycles. The Morgan fingerprint density at radius 3 is 3.12 bits per heavy atom. The molecule has 0 aliphatic carbocycles. The van der Waals surface area contributed by atoms with E-state index in [1.807, 2.05) is 12.1 Å². The number of fused-ring (bicyclic) bond motifs is 1. The average molecular weight is 216 g/mol. The Balaban J connectivity index is 2.01. The molecule has 1 aliphatic rings. The van der Waals surface area contributed by atoms with Crippen molar-refractivity contribution in [3.8, 4) is 0 Å². The second-order valence-electron chi connectivity index (χ2n) is 4.32. The van der Waals surface area contributed by atoms with Gasteiger partial charge in [0.1, 0.15) is 5.65 Å². The molecular formula is C12H16N4. The van der Waals surface area contributed by atoms with Crippen LogP contribution in [0.2, 0.25) is 0 Å². The smallest absolute Gasteiger partial charge is 0.137 e. The summed E-state index contributed by atoms with van der Waals surface area (Å²) in [6, 6.07) is 4.50. The Morgan fingerprint density at radius 1 is 1.44 bits per heavy atom. The number of aromatic nitrogens is 2. The van der Waals surface area contributed by atoms with Crippen molar-refractivity contribution in [3.05, 3.63) is 35.8 Å². The van der Waals surface area contributed by atoms with Crippen LogP contribution < -0.4 is 11.1 Å². The topological polar surface area (TPSA) is 55.3 Å². The number of pyridine rings is 1. The molecule has 16 heavy (non-hydrogen) atoms. The van der Waals surface area contributed by atoms with Gasteiger partial charge in [0.15, 0.2) is 0 Å². The maximum absolute atomic E-state index is 5.62. The van der Waals surface area contributed by atoms with Crippen molar-refractivity contribution in [2.75, 3.05) is 6.54 Å². The molecule has 1 aliphatic heterocycles. The number of nitrogens with two attached hydrogens (primary N) is 1. The summed E-state index contributed by atoms with van der Waals surface area (Å²) < 4.78 is 2.07. The first-order valence-corrected chi connectivity index (χ1v) is 5.78. The van der Waals surface area contributed by atoms with Crippen molar-refractivity contribution in [1.82, 2.24) is 14.7 Å². The molecule has 0 radical (unpaired) electrons. The van der Waals surface area contributed by atoms with Crippen molar-refractivity contribution in [1.29, 1.82) is 0 Å². The maximum Gasteiger partial charge on any atom is 0.137 e. The molecule has 3 N–H and O–H groups in total. The lowest BCUT2D eigenvalue weighted by atomic mass is 10.2. The van der Waals surface area contributed by atoms with Gasteiger partial charge >= 0.3 is 0 Å². The normalized spacial score (nSPS) is 20.7. The number of hydrogen-bond acceptors (Lipinski definition) is 3. The first-order valence-electron chi connectivity index (χ1n) is 5.78. The van der Waals surface area contributed by atoms with Crippen LogP contribution in [0.3, 0.4) is 0 Å². The van der Waals surface area contributed by atoms with Crippen LogP contribution in [0.25, 0.3) is 5.65 Å². The van der Waals surface area contributed by atoms with E-state index in [-0.39, 0.29) is 0 Å². The molecule has 0 spiro atoms. The van der Waals surface area contributed by atoms with E-state index in [0.717, 1.165) is 23.4 Å². The first-order chi connectivity index (χ1) is 7.86. The monoisotopic (exact) mass is 216 g/mol. The summed E-state index contributed by atoms with van der Waals surface area (Å²) in [6.07, 6.45) is 6.60. The molecule has 3 rings (SSSR count). The van der Waals surface area contributed by atoms with Gasteiger partial charge in [-0.15, -0.1) is 0 Å². The van der Waals surface area contributed by atoms with Gasteiger partial charge in [-0.25, -0.2) is 4.98 Å². The zero-order valence-corrected chi connectivity index (χ0v) is 9.19. The van der Waals surface area contributed by atoms with E-state index in [1.165, 1.54) is 12.8 Å². The summed E-state index contributed by atoms with van der Waals surface area (Å²) in [7, 11) is 0. The van der Waals surface area contributed by atoms with E-state index >= 15 is 0 Å². The third-order valence-corrected chi connectivity index (χ3v) is 3.18. The van der Waals surface area contributed by atoms with Gasteiger partial charge < -0.3 is 15.5 Å². The molecule has 2 aromatic heterocycles. The first kappa shape index (κ1) is 9.81. The van der Waals surface area contributed by atoms with Crippen LogP contribution in [0.15, 0.2) is 24.5 Å². The van der Waals surface area contributed by atoms with Gasteiger partial charge in [-0.3, -0.25) is 0 Å². The lowest BCUT2D eigenvalue weighted by Gasteiger charge is -2.04. The van der Waals surface area contributed by atoms with Crippen molar-refractivity contribution < 1.29 is 0 Å². The fourth-order valence-electron chi connectivity index (χ4n) is 2.28. The molecule has 0 bridgehead atoms. The minimum Gasteiger partial charge on any atom is -0.326 e. The third kappa shape index (κ3) is 1.60. The van der Waals surface area contributed by atoms with E-state index < -0.39 is 0 Å². The molecule has 4 nitrogen and oxygen atoms in total. The number of rotatable bonds is 2. The van der Waals surface area contributed by atoms with E-state index in [0.29, 0.717) is 12.6 Å². The molecule has 1 unspecified atom stereocenters. The molecule has 0 saturated carbocycles. The number of nitrogens with one attached hydrogen (secondary N) is 1. The van der Waals surface area contributed by atoms with Gasteiger partial charge in [-0.05, 0) is 31.0 Å². The van der Waals surface area contributed by atoms with Crippen LogP contribution in [0, 0.1) is 0 Å². The fraction of sp³-hybridized carbons (Fsp3) is 0.417. The summed E-state index contributed by atoms with van der Waals surface area (Å²) in [6.45, 7) is 1.68. The van der Waals surface area contributed by atoms with Gasteiger partial charge in [0, 0.05) is 18.9 Å². The zero-order chi connectivity index (χ0) is 11.0. The standard InChI is InChI=1S/C12H16N4/c13-6-9-3-4-12-15-11(8-16(12)7-9)10-2-1-5-14-10/h3-4,7-8,10,14H,1-2,5-6,13H2. The van der Waals surface area contributed by atoms with Crippen LogP contribution >= 0.6 is 0 Å². The van der Waals surface area contributed by atoms with Gasteiger partial charge in [-0.1, -0.05) is 6.07 Å². The van der Waals surface area contributed by atoms with Gasteiger partial charge in [-0.2, -0.15) is 0 Å². The Labute approximate surface area is 94.5 Å². The molecule has 1 fully saturated rings. The maximum atomic E-state index is 5.62. The molecule has 1 atom stereocenters. The highest BCUT2D eigenvalue weighted by Crippen LogP contribution is 2.22. The molecule has 2 aromatic rings. The zero-order valence-electron chi connectivity index (χ0n) is 9.19. The summed E-state index contributed by atoms with van der Waals surface area (Å²) in [5, 5.41) is 3.46. The van der Waals surface area contributed by atoms with Crippen molar-refractivity contribution in [2.24, 2.45) is 5.73 Å². The second-order valence-corrected chi connectivity index (χ2v) is 4.32. The summed E-state index contributed by atoms with van der Waals surface area (Å²) in [5.74, 6) is 0. The molecule has 1 saturated heterocycles. The van der Waals surface area contributed by atoms with Crippen LogP contribution in [0.4, 0.5) is 0 Å². The fourth-order valence-corrected chi connectivity index (χ4v) is 2.28. The summed E-state index contributed by atoms with van der Waals surface area (Å²) in [4.78, 5) is 4.63. The quantitative estimate of drug-likeness (QED) is 0.793. The average Bonchev–Trinajstić information content (AvgIpc) is 2.96. The molecular weight excluding hydrogens is 200 g/mol. The number of imidazole rings is 1. The molecule has 84 valence electrons. The Kier molecular flexibility index (Phi) is 2.38. The lowest BCUT2D eigenvalue weighted by Crippen LogP contribution is -2.12.